The van der Waals surface area contributed by atoms with Crippen LogP contribution in [0.25, 0.3) is 0 Å². The van der Waals surface area contributed by atoms with Crippen LogP contribution in [0, 0.1) is 13.8 Å². The lowest BCUT2D eigenvalue weighted by atomic mass is 10.2. The molecule has 2 aromatic heterocycles. The van der Waals surface area contributed by atoms with Gasteiger partial charge in [-0.05, 0) is 27.7 Å². The predicted molar refractivity (Wildman–Crippen MR) is 80.8 cm³/mol. The topological polar surface area (TPSA) is 56.0 Å². The van der Waals surface area contributed by atoms with Crippen molar-refractivity contribution in [1.29, 1.82) is 0 Å². The quantitative estimate of drug-likeness (QED) is 0.845. The summed E-state index contributed by atoms with van der Waals surface area (Å²) >= 11 is 0. The molecule has 6 heteroatoms. The van der Waals surface area contributed by atoms with Gasteiger partial charge < -0.3 is 9.47 Å². The number of aryl methyl sites for hydroxylation is 2. The number of hydrogen-bond acceptors (Lipinski definition) is 3. The van der Waals surface area contributed by atoms with E-state index < -0.39 is 0 Å². The van der Waals surface area contributed by atoms with Gasteiger partial charge in [0, 0.05) is 43.8 Å². The Labute approximate surface area is 125 Å². The third-order valence-corrected chi connectivity index (χ3v) is 3.93. The van der Waals surface area contributed by atoms with Crippen molar-refractivity contribution in [2.75, 3.05) is 7.05 Å². The van der Waals surface area contributed by atoms with Gasteiger partial charge in [0.25, 0.3) is 0 Å². The highest BCUT2D eigenvalue weighted by Gasteiger charge is 2.21. The Morgan fingerprint density at radius 1 is 1.43 bits per heavy atom. The second kappa shape index (κ2) is 6.11. The number of imidazole rings is 1. The van der Waals surface area contributed by atoms with Crippen LogP contribution in [-0.4, -0.2) is 37.2 Å². The van der Waals surface area contributed by atoms with Gasteiger partial charge in [-0.2, -0.15) is 5.10 Å². The SMILES string of the molecule is CCn1ncc(CN(C)C(=O)[C@H](C)n2ccnc2C)c1C. The Morgan fingerprint density at radius 2 is 2.14 bits per heavy atom. The summed E-state index contributed by atoms with van der Waals surface area (Å²) in [7, 11) is 1.83. The molecule has 0 aliphatic carbocycles. The third kappa shape index (κ3) is 2.99. The van der Waals surface area contributed by atoms with E-state index in [2.05, 4.69) is 17.0 Å². The highest BCUT2D eigenvalue weighted by molar-refractivity contribution is 5.79. The first-order valence-electron chi connectivity index (χ1n) is 7.21. The Kier molecular flexibility index (Phi) is 4.45. The van der Waals surface area contributed by atoms with Crippen molar-refractivity contribution in [3.63, 3.8) is 0 Å². The maximum atomic E-state index is 12.5. The maximum absolute atomic E-state index is 12.5. The summed E-state index contributed by atoms with van der Waals surface area (Å²) in [6.07, 6.45) is 5.40. The van der Waals surface area contributed by atoms with Crippen molar-refractivity contribution in [2.24, 2.45) is 0 Å². The summed E-state index contributed by atoms with van der Waals surface area (Å²) in [5.41, 5.74) is 2.20. The molecule has 6 nitrogen and oxygen atoms in total. The lowest BCUT2D eigenvalue weighted by Crippen LogP contribution is -2.33. The van der Waals surface area contributed by atoms with E-state index in [4.69, 9.17) is 0 Å². The number of hydrogen-bond donors (Lipinski definition) is 0. The number of carbonyl (C=O) groups excluding carboxylic acids is 1. The molecule has 0 spiro atoms. The fourth-order valence-electron chi connectivity index (χ4n) is 2.53. The first-order valence-corrected chi connectivity index (χ1v) is 7.21. The molecular formula is C15H23N5O. The van der Waals surface area contributed by atoms with Crippen LogP contribution in [-0.2, 0) is 17.9 Å². The number of likely N-dealkylation sites (N-methyl/N-ethyl adjacent to an activating group) is 1. The van der Waals surface area contributed by atoms with Crippen molar-refractivity contribution >= 4 is 5.91 Å². The van der Waals surface area contributed by atoms with E-state index in [-0.39, 0.29) is 11.9 Å². The van der Waals surface area contributed by atoms with Gasteiger partial charge in [-0.1, -0.05) is 0 Å². The zero-order chi connectivity index (χ0) is 15.6. The molecule has 0 saturated heterocycles. The first-order chi connectivity index (χ1) is 9.95. The molecule has 114 valence electrons. The zero-order valence-electron chi connectivity index (χ0n) is 13.4. The minimum Gasteiger partial charge on any atom is -0.340 e. The van der Waals surface area contributed by atoms with Gasteiger partial charge in [0.2, 0.25) is 5.91 Å². The van der Waals surface area contributed by atoms with Gasteiger partial charge in [-0.3, -0.25) is 9.48 Å². The molecule has 0 saturated carbocycles. The molecule has 0 aromatic carbocycles. The van der Waals surface area contributed by atoms with E-state index in [1.54, 1.807) is 11.1 Å². The Morgan fingerprint density at radius 3 is 2.67 bits per heavy atom. The molecule has 21 heavy (non-hydrogen) atoms. The second-order valence-corrected chi connectivity index (χ2v) is 5.32. The Balaban J connectivity index is 2.09. The van der Waals surface area contributed by atoms with E-state index in [0.717, 1.165) is 23.6 Å². The van der Waals surface area contributed by atoms with Crippen LogP contribution in [0.4, 0.5) is 0 Å². The van der Waals surface area contributed by atoms with E-state index >= 15 is 0 Å². The Bertz CT molecular complexity index is 628. The lowest BCUT2D eigenvalue weighted by Gasteiger charge is -2.22. The van der Waals surface area contributed by atoms with E-state index in [1.165, 1.54) is 0 Å². The maximum Gasteiger partial charge on any atom is 0.245 e. The minimum atomic E-state index is -0.251. The fourth-order valence-corrected chi connectivity index (χ4v) is 2.53. The van der Waals surface area contributed by atoms with E-state index in [9.17, 15) is 4.79 Å². The molecule has 2 heterocycles. The summed E-state index contributed by atoms with van der Waals surface area (Å²) in [6, 6.07) is -0.251. The summed E-state index contributed by atoms with van der Waals surface area (Å²) in [5, 5.41) is 4.32. The van der Waals surface area contributed by atoms with Gasteiger partial charge in [-0.15, -0.1) is 0 Å². The van der Waals surface area contributed by atoms with Crippen molar-refractivity contribution in [3.8, 4) is 0 Å². The average Bonchev–Trinajstić information content (AvgIpc) is 3.04. The first kappa shape index (κ1) is 15.3. The molecule has 1 atom stereocenters. The average molecular weight is 289 g/mol. The molecule has 0 N–H and O–H groups in total. The van der Waals surface area contributed by atoms with Crippen molar-refractivity contribution in [1.82, 2.24) is 24.2 Å². The van der Waals surface area contributed by atoms with Crippen molar-refractivity contribution in [3.05, 3.63) is 35.7 Å². The Hall–Kier alpha value is -2.11. The monoisotopic (exact) mass is 289 g/mol. The van der Waals surface area contributed by atoms with Gasteiger partial charge >= 0.3 is 0 Å². The molecule has 1 amide bonds. The van der Waals surface area contributed by atoms with Crippen LogP contribution in [0.15, 0.2) is 18.6 Å². The number of carbonyl (C=O) groups is 1. The highest BCUT2D eigenvalue weighted by Crippen LogP contribution is 2.15. The van der Waals surface area contributed by atoms with Crippen LogP contribution in [0.5, 0.6) is 0 Å². The molecule has 0 aliphatic heterocycles. The van der Waals surface area contributed by atoms with Crippen molar-refractivity contribution in [2.45, 2.75) is 46.8 Å². The predicted octanol–water partition coefficient (Wildman–Crippen LogP) is 1.94. The smallest absolute Gasteiger partial charge is 0.245 e. The highest BCUT2D eigenvalue weighted by atomic mass is 16.2. The summed E-state index contributed by atoms with van der Waals surface area (Å²) in [6.45, 7) is 9.31. The van der Waals surface area contributed by atoms with Crippen LogP contribution >= 0.6 is 0 Å². The van der Waals surface area contributed by atoms with Crippen LogP contribution in [0.2, 0.25) is 0 Å². The summed E-state index contributed by atoms with van der Waals surface area (Å²) in [5.74, 6) is 0.916. The number of nitrogens with zero attached hydrogens (tertiary/aromatic N) is 5. The second-order valence-electron chi connectivity index (χ2n) is 5.32. The number of amides is 1. The fraction of sp³-hybridized carbons (Fsp3) is 0.533. The summed E-state index contributed by atoms with van der Waals surface area (Å²) < 4.78 is 3.83. The van der Waals surface area contributed by atoms with Gasteiger partial charge in [-0.25, -0.2) is 4.98 Å². The van der Waals surface area contributed by atoms with Gasteiger partial charge in [0.05, 0.1) is 6.20 Å². The zero-order valence-corrected chi connectivity index (χ0v) is 13.4. The van der Waals surface area contributed by atoms with E-state index in [1.807, 2.05) is 49.5 Å². The van der Waals surface area contributed by atoms with Crippen molar-refractivity contribution < 1.29 is 4.79 Å². The summed E-state index contributed by atoms with van der Waals surface area (Å²) in [4.78, 5) is 18.5. The minimum absolute atomic E-state index is 0.0692. The standard InChI is InChI=1S/C15H23N5O/c1-6-20-11(2)14(9-17-20)10-18(5)15(21)12(3)19-8-7-16-13(19)4/h7-9,12H,6,10H2,1-5H3/t12-/m0/s1. The molecule has 0 fully saturated rings. The molecule has 0 bridgehead atoms. The third-order valence-electron chi connectivity index (χ3n) is 3.93. The lowest BCUT2D eigenvalue weighted by molar-refractivity contribution is -0.133. The van der Waals surface area contributed by atoms with Gasteiger partial charge in [0.1, 0.15) is 11.9 Å². The van der Waals surface area contributed by atoms with Crippen LogP contribution in [0.3, 0.4) is 0 Å². The molecule has 0 radical (unpaired) electrons. The number of rotatable bonds is 5. The normalized spacial score (nSPS) is 12.4. The largest absolute Gasteiger partial charge is 0.340 e. The molecule has 2 aromatic rings. The van der Waals surface area contributed by atoms with Crippen LogP contribution < -0.4 is 0 Å². The molecule has 0 unspecified atom stereocenters. The molecule has 0 aliphatic rings. The van der Waals surface area contributed by atoms with E-state index in [0.29, 0.717) is 6.54 Å². The van der Waals surface area contributed by atoms with Crippen LogP contribution in [0.1, 0.15) is 37.0 Å². The molecule has 2 rings (SSSR count). The molecular weight excluding hydrogens is 266 g/mol. The number of aromatic nitrogens is 4. The van der Waals surface area contributed by atoms with Gasteiger partial charge in [0.15, 0.2) is 0 Å².